The van der Waals surface area contributed by atoms with E-state index in [0.717, 1.165) is 37.1 Å². The minimum Gasteiger partial charge on any atom is -0.483 e. The highest BCUT2D eigenvalue weighted by Gasteiger charge is 2.18. The Morgan fingerprint density at radius 1 is 1.15 bits per heavy atom. The Labute approximate surface area is 202 Å². The topological polar surface area (TPSA) is 130 Å². The predicted molar refractivity (Wildman–Crippen MR) is 132 cm³/mol. The van der Waals surface area contributed by atoms with Crippen LogP contribution in [-0.2, 0) is 29.2 Å². The van der Waals surface area contributed by atoms with Crippen LogP contribution in [0.25, 0.3) is 0 Å². The van der Waals surface area contributed by atoms with Gasteiger partial charge < -0.3 is 20.3 Å². The van der Waals surface area contributed by atoms with Gasteiger partial charge >= 0.3 is 0 Å². The van der Waals surface area contributed by atoms with Gasteiger partial charge in [-0.05, 0) is 62.8 Å². The molecule has 1 aromatic carbocycles. The first-order valence-electron chi connectivity index (χ1n) is 11.6. The quantitative estimate of drug-likeness (QED) is 0.428. The molecule has 1 unspecified atom stereocenters. The molecule has 9 nitrogen and oxygen atoms in total. The van der Waals surface area contributed by atoms with E-state index in [4.69, 9.17) is 19.8 Å². The summed E-state index contributed by atoms with van der Waals surface area (Å²) in [5.74, 6) is 1.74. The first kappa shape index (κ1) is 29.3. The smallest absolute Gasteiger partial charge is 0.290 e. The molecular formula is C25H40N4O5. The van der Waals surface area contributed by atoms with Gasteiger partial charge in [0.15, 0.2) is 0 Å². The molecule has 190 valence electrons. The van der Waals surface area contributed by atoms with Gasteiger partial charge in [-0.3, -0.25) is 19.4 Å². The molecule has 2 aromatic rings. The molecule has 1 atom stereocenters. The molecule has 0 aliphatic carbocycles. The summed E-state index contributed by atoms with van der Waals surface area (Å²) >= 11 is 0. The van der Waals surface area contributed by atoms with E-state index in [2.05, 4.69) is 52.7 Å². The fourth-order valence-electron chi connectivity index (χ4n) is 4.40. The maximum atomic E-state index is 9.54. The summed E-state index contributed by atoms with van der Waals surface area (Å²) in [6.45, 7) is 14.2. The summed E-state index contributed by atoms with van der Waals surface area (Å²) in [6, 6.07) is 4.66. The Bertz CT molecular complexity index is 865. The second-order valence-electron chi connectivity index (χ2n) is 8.83. The number of likely N-dealkylation sites (tertiary alicyclic amines) is 1. The molecule has 0 spiro atoms. The van der Waals surface area contributed by atoms with Crippen LogP contribution in [0.1, 0.15) is 53.5 Å². The Hall–Kier alpha value is -2.75. The van der Waals surface area contributed by atoms with E-state index in [1.165, 1.54) is 48.2 Å². The molecule has 34 heavy (non-hydrogen) atoms. The molecule has 0 saturated carbocycles. The lowest BCUT2D eigenvalue weighted by atomic mass is 9.96. The fraction of sp³-hybridized carbons (Fsp3) is 0.560. The number of piperidine rings is 1. The molecule has 0 amide bonds. The van der Waals surface area contributed by atoms with Gasteiger partial charge in [-0.1, -0.05) is 24.6 Å². The number of carbonyl (C=O) groups is 2. The van der Waals surface area contributed by atoms with Crippen LogP contribution in [0.15, 0.2) is 18.3 Å². The van der Waals surface area contributed by atoms with Crippen LogP contribution in [0, 0.1) is 26.7 Å². The molecule has 1 aromatic heterocycles. The third-order valence-corrected chi connectivity index (χ3v) is 5.86. The highest BCUT2D eigenvalue weighted by atomic mass is 16.3. The fourth-order valence-corrected chi connectivity index (χ4v) is 4.40. The first-order valence-corrected chi connectivity index (χ1v) is 11.6. The molecule has 0 radical (unpaired) electrons. The Balaban J connectivity index is 0.000000872. The number of nitrogens with one attached hydrogen (secondary N) is 1. The number of rotatable bonds is 8. The van der Waals surface area contributed by atoms with Crippen molar-refractivity contribution in [3.8, 4) is 0 Å². The number of hydrogen-bond acceptors (Lipinski definition) is 6. The average Bonchev–Trinajstić information content (AvgIpc) is 3.17. The van der Waals surface area contributed by atoms with Gasteiger partial charge in [-0.2, -0.15) is 0 Å². The van der Waals surface area contributed by atoms with Crippen molar-refractivity contribution in [2.75, 3.05) is 26.2 Å². The molecule has 1 fully saturated rings. The summed E-state index contributed by atoms with van der Waals surface area (Å²) in [6.07, 6.45) is 4.57. The van der Waals surface area contributed by atoms with Crippen molar-refractivity contribution in [3.63, 3.8) is 0 Å². The lowest BCUT2D eigenvalue weighted by Crippen LogP contribution is -2.34. The largest absolute Gasteiger partial charge is 0.483 e. The molecule has 9 heteroatoms. The van der Waals surface area contributed by atoms with Crippen LogP contribution < -0.4 is 0 Å². The number of imidazole rings is 1. The number of aliphatic hydroxyl groups is 1. The Morgan fingerprint density at radius 2 is 1.79 bits per heavy atom. The lowest BCUT2D eigenvalue weighted by Gasteiger charge is -2.32. The molecule has 3 rings (SSSR count). The number of aromatic nitrogens is 2. The van der Waals surface area contributed by atoms with Crippen molar-refractivity contribution in [3.05, 3.63) is 52.1 Å². The number of hydrogen-bond donors (Lipinski definition) is 4. The zero-order valence-corrected chi connectivity index (χ0v) is 20.8. The van der Waals surface area contributed by atoms with Gasteiger partial charge in [-0.15, -0.1) is 0 Å². The highest BCUT2D eigenvalue weighted by Crippen LogP contribution is 2.23. The molecule has 1 aliphatic heterocycles. The number of nitrogens with zero attached hydrogens (tertiary/aromatic N) is 3. The number of aliphatic hydroxyl groups excluding tert-OH is 1. The highest BCUT2D eigenvalue weighted by molar-refractivity contribution is 5.38. The number of H-pyrrole nitrogens is 1. The van der Waals surface area contributed by atoms with Gasteiger partial charge in [0.2, 0.25) is 0 Å². The van der Waals surface area contributed by atoms with E-state index in [1.807, 2.05) is 13.1 Å². The minimum atomic E-state index is -0.250. The zero-order valence-electron chi connectivity index (χ0n) is 20.8. The van der Waals surface area contributed by atoms with E-state index in [9.17, 15) is 5.11 Å². The number of carboxylic acid groups (broad SMARTS) is 2. The maximum Gasteiger partial charge on any atom is 0.290 e. The minimum absolute atomic E-state index is 0.163. The van der Waals surface area contributed by atoms with Crippen LogP contribution in [0.4, 0.5) is 0 Å². The van der Waals surface area contributed by atoms with Crippen molar-refractivity contribution < 1.29 is 24.9 Å². The summed E-state index contributed by atoms with van der Waals surface area (Å²) in [4.78, 5) is 29.2. The summed E-state index contributed by atoms with van der Waals surface area (Å²) in [5, 5.41) is 23.3. The summed E-state index contributed by atoms with van der Waals surface area (Å²) < 4.78 is 0. The van der Waals surface area contributed by atoms with Gasteiger partial charge in [0.25, 0.3) is 12.9 Å². The first-order chi connectivity index (χ1) is 16.3. The third-order valence-electron chi connectivity index (χ3n) is 5.86. The van der Waals surface area contributed by atoms with Gasteiger partial charge in [0.05, 0.1) is 6.61 Å². The van der Waals surface area contributed by atoms with Gasteiger partial charge in [-0.25, -0.2) is 4.98 Å². The van der Waals surface area contributed by atoms with Crippen molar-refractivity contribution in [1.29, 1.82) is 0 Å². The van der Waals surface area contributed by atoms with Gasteiger partial charge in [0, 0.05) is 44.6 Å². The van der Waals surface area contributed by atoms with Crippen LogP contribution in [0.3, 0.4) is 0 Å². The molecule has 0 bridgehead atoms. The number of aryl methyl sites for hydroxylation is 2. The van der Waals surface area contributed by atoms with Crippen molar-refractivity contribution in [1.82, 2.24) is 19.8 Å². The molecule has 1 aliphatic rings. The molecule has 4 N–H and O–H groups in total. The summed E-state index contributed by atoms with van der Waals surface area (Å²) in [5.41, 5.74) is 6.63. The van der Waals surface area contributed by atoms with Crippen LogP contribution in [0.2, 0.25) is 0 Å². The maximum absolute atomic E-state index is 9.54. The van der Waals surface area contributed by atoms with E-state index in [1.54, 1.807) is 0 Å². The SMILES string of the molecule is Cc1cc(CN(CCO)Cc2cnc(C)[nH]2)c(C)c(CN2CCCC(C)C2)c1.O=CO.O=CO. The second-order valence-corrected chi connectivity index (χ2v) is 8.83. The average molecular weight is 477 g/mol. The monoisotopic (exact) mass is 476 g/mol. The van der Waals surface area contributed by atoms with E-state index in [0.29, 0.717) is 6.54 Å². The normalized spacial score (nSPS) is 15.6. The lowest BCUT2D eigenvalue weighted by molar-refractivity contribution is -0.123. The second kappa shape index (κ2) is 16.0. The van der Waals surface area contributed by atoms with Crippen molar-refractivity contribution in [2.45, 2.75) is 60.2 Å². The predicted octanol–water partition coefficient (Wildman–Crippen LogP) is 2.96. The third kappa shape index (κ3) is 10.5. The van der Waals surface area contributed by atoms with Gasteiger partial charge in [0.1, 0.15) is 5.82 Å². The number of benzene rings is 1. The molecule has 1 saturated heterocycles. The van der Waals surface area contributed by atoms with Crippen LogP contribution in [-0.4, -0.2) is 74.3 Å². The zero-order chi connectivity index (χ0) is 25.5. The molecule has 2 heterocycles. The van der Waals surface area contributed by atoms with E-state index < -0.39 is 0 Å². The van der Waals surface area contributed by atoms with Crippen molar-refractivity contribution >= 4 is 12.9 Å². The molecular weight excluding hydrogens is 436 g/mol. The van der Waals surface area contributed by atoms with Crippen LogP contribution in [0.5, 0.6) is 0 Å². The van der Waals surface area contributed by atoms with E-state index in [-0.39, 0.29) is 19.6 Å². The van der Waals surface area contributed by atoms with E-state index >= 15 is 0 Å². The standard InChI is InChI=1S/C23H36N4O.2CH2O2/c1-17-6-5-7-26(13-17)14-21-10-18(2)11-22(19(21)3)15-27(8-9-28)16-23-12-24-20(4)25-23;2*2-1-3/h10-12,17,28H,5-9,13-16H2,1-4H3,(H,24,25);2*1H,(H,2,3). The Kier molecular flexibility index (Phi) is 13.8. The summed E-state index contributed by atoms with van der Waals surface area (Å²) in [7, 11) is 0. The van der Waals surface area contributed by atoms with Crippen molar-refractivity contribution in [2.24, 2.45) is 5.92 Å². The number of aromatic amines is 1. The Morgan fingerprint density at radius 3 is 2.35 bits per heavy atom. The van der Waals surface area contributed by atoms with Crippen LogP contribution >= 0.6 is 0 Å².